The summed E-state index contributed by atoms with van der Waals surface area (Å²) < 4.78 is 0. The minimum Gasteiger partial charge on any atom is -0.323 e. The van der Waals surface area contributed by atoms with Crippen LogP contribution in [0.2, 0.25) is 0 Å². The molecule has 6 nitrogen and oxygen atoms in total. The summed E-state index contributed by atoms with van der Waals surface area (Å²) in [4.78, 5) is 29.4. The third kappa shape index (κ3) is 3.16. The molecule has 3 fully saturated rings. The molecule has 3 aliphatic heterocycles. The van der Waals surface area contributed by atoms with Crippen molar-refractivity contribution in [1.29, 1.82) is 0 Å². The molecule has 2 N–H and O–H groups in total. The van der Waals surface area contributed by atoms with Crippen molar-refractivity contribution in [1.82, 2.24) is 20.4 Å². The Labute approximate surface area is 148 Å². The van der Waals surface area contributed by atoms with E-state index in [0.29, 0.717) is 12.8 Å². The molecule has 3 saturated heterocycles. The number of likely N-dealkylation sites (tertiary alicyclic amines) is 1. The average molecular weight is 342 g/mol. The summed E-state index contributed by atoms with van der Waals surface area (Å²) >= 11 is 0. The number of urea groups is 1. The van der Waals surface area contributed by atoms with Crippen molar-refractivity contribution in [2.75, 3.05) is 26.2 Å². The van der Waals surface area contributed by atoms with Gasteiger partial charge in [-0.25, -0.2) is 4.79 Å². The van der Waals surface area contributed by atoms with Crippen LogP contribution in [-0.2, 0) is 11.3 Å². The van der Waals surface area contributed by atoms with Crippen LogP contribution in [0.25, 0.3) is 0 Å². The molecule has 3 aliphatic rings. The highest BCUT2D eigenvalue weighted by molar-refractivity contribution is 6.07. The lowest BCUT2D eigenvalue weighted by molar-refractivity contribution is -0.134. The molecule has 0 saturated carbocycles. The maximum absolute atomic E-state index is 13.1. The molecule has 0 atom stereocenters. The first-order chi connectivity index (χ1) is 12.2. The van der Waals surface area contributed by atoms with Crippen molar-refractivity contribution in [3.8, 4) is 0 Å². The van der Waals surface area contributed by atoms with E-state index in [4.69, 9.17) is 0 Å². The summed E-state index contributed by atoms with van der Waals surface area (Å²) in [5.41, 5.74) is 0.617. The maximum atomic E-state index is 13.1. The largest absolute Gasteiger partial charge is 0.325 e. The van der Waals surface area contributed by atoms with Gasteiger partial charge in [0.15, 0.2) is 0 Å². The first kappa shape index (κ1) is 16.5. The smallest absolute Gasteiger partial charge is 0.323 e. The van der Waals surface area contributed by atoms with E-state index in [-0.39, 0.29) is 18.0 Å². The van der Waals surface area contributed by atoms with Crippen molar-refractivity contribution in [3.63, 3.8) is 0 Å². The average Bonchev–Trinajstić information content (AvgIpc) is 2.89. The molecule has 0 unspecified atom stereocenters. The van der Waals surface area contributed by atoms with E-state index in [9.17, 15) is 9.59 Å². The fourth-order valence-electron chi connectivity index (χ4n) is 4.31. The number of imide groups is 1. The SMILES string of the molecule is O=C1NC2(CCN(Cc3ccccc3)CC2)C(=O)N1C1CCNCC1. The van der Waals surface area contributed by atoms with Gasteiger partial charge in [0.05, 0.1) is 0 Å². The number of benzene rings is 1. The Morgan fingerprint density at radius 2 is 1.72 bits per heavy atom. The summed E-state index contributed by atoms with van der Waals surface area (Å²) in [5, 5.41) is 6.33. The molecule has 3 amide bonds. The van der Waals surface area contributed by atoms with Crippen LogP contribution in [0.1, 0.15) is 31.2 Å². The van der Waals surface area contributed by atoms with Crippen molar-refractivity contribution < 1.29 is 9.59 Å². The van der Waals surface area contributed by atoms with Crippen LogP contribution < -0.4 is 10.6 Å². The molecular formula is C19H26N4O2. The van der Waals surface area contributed by atoms with Crippen LogP contribution >= 0.6 is 0 Å². The minimum absolute atomic E-state index is 0.00348. The minimum atomic E-state index is -0.671. The summed E-state index contributed by atoms with van der Waals surface area (Å²) in [6.07, 6.45) is 3.11. The first-order valence-electron chi connectivity index (χ1n) is 9.31. The Morgan fingerprint density at radius 1 is 1.04 bits per heavy atom. The van der Waals surface area contributed by atoms with Gasteiger partial charge in [-0.2, -0.15) is 0 Å². The van der Waals surface area contributed by atoms with E-state index in [1.54, 1.807) is 0 Å². The summed E-state index contributed by atoms with van der Waals surface area (Å²) in [6, 6.07) is 10.3. The lowest BCUT2D eigenvalue weighted by atomic mass is 9.87. The zero-order valence-corrected chi connectivity index (χ0v) is 14.5. The van der Waals surface area contributed by atoms with Crippen molar-refractivity contribution >= 4 is 11.9 Å². The van der Waals surface area contributed by atoms with Gasteiger partial charge < -0.3 is 10.6 Å². The zero-order chi connectivity index (χ0) is 17.3. The molecule has 1 spiro atoms. The van der Waals surface area contributed by atoms with E-state index in [1.807, 2.05) is 6.07 Å². The number of hydrogen-bond acceptors (Lipinski definition) is 4. The van der Waals surface area contributed by atoms with Gasteiger partial charge in [-0.1, -0.05) is 30.3 Å². The van der Waals surface area contributed by atoms with Crippen molar-refractivity contribution in [3.05, 3.63) is 35.9 Å². The lowest BCUT2D eigenvalue weighted by Gasteiger charge is -2.38. The number of nitrogens with one attached hydrogen (secondary N) is 2. The van der Waals surface area contributed by atoms with E-state index in [2.05, 4.69) is 39.8 Å². The van der Waals surface area contributed by atoms with E-state index in [1.165, 1.54) is 10.5 Å². The van der Waals surface area contributed by atoms with Crippen LogP contribution in [-0.4, -0.2) is 59.5 Å². The third-order valence-corrected chi connectivity index (χ3v) is 5.83. The zero-order valence-electron chi connectivity index (χ0n) is 14.5. The molecule has 25 heavy (non-hydrogen) atoms. The molecule has 6 heteroatoms. The van der Waals surface area contributed by atoms with E-state index >= 15 is 0 Å². The Hall–Kier alpha value is -1.92. The second-order valence-corrected chi connectivity index (χ2v) is 7.43. The molecule has 0 bridgehead atoms. The second kappa shape index (κ2) is 6.77. The van der Waals surface area contributed by atoms with Gasteiger partial charge >= 0.3 is 6.03 Å². The molecule has 1 aromatic carbocycles. The number of amides is 3. The molecular weight excluding hydrogens is 316 g/mol. The lowest BCUT2D eigenvalue weighted by Crippen LogP contribution is -2.55. The number of carbonyl (C=O) groups is 2. The van der Waals surface area contributed by atoms with Gasteiger partial charge in [0.1, 0.15) is 5.54 Å². The van der Waals surface area contributed by atoms with Gasteiger partial charge in [0, 0.05) is 25.7 Å². The number of hydrogen-bond donors (Lipinski definition) is 2. The maximum Gasteiger partial charge on any atom is 0.325 e. The van der Waals surface area contributed by atoms with Crippen LogP contribution in [0.3, 0.4) is 0 Å². The fourth-order valence-corrected chi connectivity index (χ4v) is 4.31. The fraction of sp³-hybridized carbons (Fsp3) is 0.579. The normalized spacial score (nSPS) is 24.7. The number of carbonyl (C=O) groups excluding carboxylic acids is 2. The molecule has 0 aromatic heterocycles. The quantitative estimate of drug-likeness (QED) is 0.814. The highest BCUT2D eigenvalue weighted by Crippen LogP contribution is 2.32. The van der Waals surface area contributed by atoms with Gasteiger partial charge in [-0.05, 0) is 44.3 Å². The summed E-state index contributed by atoms with van der Waals surface area (Å²) in [5.74, 6) is 0.00348. The summed E-state index contributed by atoms with van der Waals surface area (Å²) in [7, 11) is 0. The molecule has 0 aliphatic carbocycles. The van der Waals surface area contributed by atoms with Crippen LogP contribution in [0.5, 0.6) is 0 Å². The van der Waals surface area contributed by atoms with Gasteiger partial charge in [-0.3, -0.25) is 14.6 Å². The van der Waals surface area contributed by atoms with E-state index in [0.717, 1.165) is 45.6 Å². The van der Waals surface area contributed by atoms with Crippen LogP contribution in [0.4, 0.5) is 4.79 Å². The molecule has 134 valence electrons. The predicted molar refractivity (Wildman–Crippen MR) is 95.0 cm³/mol. The molecule has 0 radical (unpaired) electrons. The second-order valence-electron chi connectivity index (χ2n) is 7.43. The monoisotopic (exact) mass is 342 g/mol. The summed E-state index contributed by atoms with van der Waals surface area (Å²) in [6.45, 7) is 4.32. The van der Waals surface area contributed by atoms with Gasteiger partial charge in [0.25, 0.3) is 5.91 Å². The highest BCUT2D eigenvalue weighted by Gasteiger charge is 2.54. The number of piperidine rings is 2. The third-order valence-electron chi connectivity index (χ3n) is 5.83. The molecule has 1 aromatic rings. The Bertz CT molecular complexity index is 634. The Balaban J connectivity index is 1.40. The van der Waals surface area contributed by atoms with Crippen molar-refractivity contribution in [2.24, 2.45) is 0 Å². The number of nitrogens with zero attached hydrogens (tertiary/aromatic N) is 2. The van der Waals surface area contributed by atoms with Gasteiger partial charge in [-0.15, -0.1) is 0 Å². The number of rotatable bonds is 3. The molecule has 4 rings (SSSR count). The van der Waals surface area contributed by atoms with E-state index < -0.39 is 5.54 Å². The predicted octanol–water partition coefficient (Wildman–Crippen LogP) is 1.32. The van der Waals surface area contributed by atoms with Crippen LogP contribution in [0, 0.1) is 0 Å². The Kier molecular flexibility index (Phi) is 4.48. The van der Waals surface area contributed by atoms with Gasteiger partial charge in [0.2, 0.25) is 0 Å². The topological polar surface area (TPSA) is 64.7 Å². The van der Waals surface area contributed by atoms with Crippen LogP contribution in [0.15, 0.2) is 30.3 Å². The first-order valence-corrected chi connectivity index (χ1v) is 9.31. The molecule has 3 heterocycles. The van der Waals surface area contributed by atoms with Crippen molar-refractivity contribution in [2.45, 2.75) is 43.8 Å². The Morgan fingerprint density at radius 3 is 2.40 bits per heavy atom. The standard InChI is InChI=1S/C19H26N4O2/c24-17-19(21-18(25)23(17)16-6-10-20-11-7-16)8-12-22(13-9-19)14-15-4-2-1-3-5-15/h1-5,16,20H,6-14H2,(H,21,25). The highest BCUT2D eigenvalue weighted by atomic mass is 16.2.